The van der Waals surface area contributed by atoms with Crippen molar-refractivity contribution in [3.8, 4) is 11.3 Å². The Balaban J connectivity index is 1.50. The number of aromatic nitrogens is 2. The van der Waals surface area contributed by atoms with Crippen molar-refractivity contribution in [2.75, 3.05) is 5.32 Å². The predicted molar refractivity (Wildman–Crippen MR) is 104 cm³/mol. The first-order valence-electron chi connectivity index (χ1n) is 8.96. The van der Waals surface area contributed by atoms with E-state index in [-0.39, 0.29) is 6.03 Å². The quantitative estimate of drug-likeness (QED) is 0.670. The van der Waals surface area contributed by atoms with Crippen LogP contribution in [0.2, 0.25) is 0 Å². The molecule has 2 aromatic carbocycles. The molecule has 3 N–H and O–H groups in total. The zero-order valence-corrected chi connectivity index (χ0v) is 15.3. The molecule has 0 spiro atoms. The molecule has 27 heavy (non-hydrogen) atoms. The third-order valence-electron chi connectivity index (χ3n) is 5.03. The number of urea groups is 1. The Labute approximate surface area is 157 Å². The Morgan fingerprint density at radius 2 is 1.93 bits per heavy atom. The van der Waals surface area contributed by atoms with Gasteiger partial charge in [0.25, 0.3) is 0 Å². The average Bonchev–Trinajstić information content (AvgIpc) is 3.16. The SMILES string of the molecule is Cc1ccccc1-c1cc(NC(=O)N[C@@H]2c3ccccc3C[C@@H]2O)n(C)n1. The number of benzene rings is 2. The first kappa shape index (κ1) is 17.3. The van der Waals surface area contributed by atoms with Crippen LogP contribution in [0.5, 0.6) is 0 Å². The Kier molecular flexibility index (Phi) is 4.41. The number of carbonyl (C=O) groups is 1. The van der Waals surface area contributed by atoms with Crippen LogP contribution in [0.15, 0.2) is 54.6 Å². The van der Waals surface area contributed by atoms with Crippen molar-refractivity contribution in [1.29, 1.82) is 0 Å². The van der Waals surface area contributed by atoms with Crippen LogP contribution in [0.1, 0.15) is 22.7 Å². The minimum atomic E-state index is -0.623. The van der Waals surface area contributed by atoms with Crippen LogP contribution >= 0.6 is 0 Å². The first-order valence-corrected chi connectivity index (χ1v) is 8.96. The number of fused-ring (bicyclic) bond motifs is 1. The zero-order chi connectivity index (χ0) is 19.0. The fraction of sp³-hybridized carbons (Fsp3) is 0.238. The van der Waals surface area contributed by atoms with Gasteiger partial charge in [-0.1, -0.05) is 48.5 Å². The van der Waals surface area contributed by atoms with Crippen LogP contribution in [0, 0.1) is 6.92 Å². The van der Waals surface area contributed by atoms with Gasteiger partial charge < -0.3 is 10.4 Å². The number of carbonyl (C=O) groups excluding carboxylic acids is 1. The van der Waals surface area contributed by atoms with Crippen LogP contribution in [-0.4, -0.2) is 27.0 Å². The van der Waals surface area contributed by atoms with E-state index in [1.54, 1.807) is 11.7 Å². The van der Waals surface area contributed by atoms with Gasteiger partial charge in [-0.15, -0.1) is 0 Å². The molecule has 4 rings (SSSR count). The lowest BCUT2D eigenvalue weighted by Crippen LogP contribution is -2.37. The summed E-state index contributed by atoms with van der Waals surface area (Å²) in [4.78, 5) is 12.5. The molecular weight excluding hydrogens is 340 g/mol. The van der Waals surface area contributed by atoms with Crippen LogP contribution in [-0.2, 0) is 13.5 Å². The van der Waals surface area contributed by atoms with Gasteiger partial charge in [0.2, 0.25) is 0 Å². The van der Waals surface area contributed by atoms with E-state index >= 15 is 0 Å². The van der Waals surface area contributed by atoms with Crippen molar-refractivity contribution < 1.29 is 9.90 Å². The van der Waals surface area contributed by atoms with Crippen LogP contribution in [0.3, 0.4) is 0 Å². The smallest absolute Gasteiger partial charge is 0.320 e. The number of aryl methyl sites for hydroxylation is 2. The van der Waals surface area contributed by atoms with E-state index in [0.717, 1.165) is 27.9 Å². The molecule has 0 radical (unpaired) electrons. The Morgan fingerprint density at radius 1 is 1.19 bits per heavy atom. The average molecular weight is 362 g/mol. The number of nitrogens with zero attached hydrogens (tertiary/aromatic N) is 2. The number of hydrogen-bond donors (Lipinski definition) is 3. The molecule has 6 heteroatoms. The maximum atomic E-state index is 12.5. The highest BCUT2D eigenvalue weighted by atomic mass is 16.3. The highest BCUT2D eigenvalue weighted by molar-refractivity contribution is 5.89. The van der Waals surface area contributed by atoms with Crippen molar-refractivity contribution in [3.05, 3.63) is 71.3 Å². The number of rotatable bonds is 3. The molecule has 1 aromatic heterocycles. The largest absolute Gasteiger partial charge is 0.390 e. The standard InChI is InChI=1S/C21H22N4O2/c1-13-7-3-5-9-15(13)17-12-19(25(2)24-17)22-21(27)23-20-16-10-6-4-8-14(16)11-18(20)26/h3-10,12,18,20,26H,11H2,1-2H3,(H2,22,23,27)/t18-,20+/m0/s1. The normalized spacial score (nSPS) is 18.2. The molecule has 0 saturated heterocycles. The molecule has 0 bridgehead atoms. The molecule has 0 aliphatic heterocycles. The highest BCUT2D eigenvalue weighted by Crippen LogP contribution is 2.31. The van der Waals surface area contributed by atoms with E-state index < -0.39 is 12.1 Å². The van der Waals surface area contributed by atoms with Gasteiger partial charge >= 0.3 is 6.03 Å². The van der Waals surface area contributed by atoms with Crippen molar-refractivity contribution in [1.82, 2.24) is 15.1 Å². The van der Waals surface area contributed by atoms with E-state index in [1.165, 1.54) is 0 Å². The van der Waals surface area contributed by atoms with Crippen LogP contribution < -0.4 is 10.6 Å². The first-order chi connectivity index (χ1) is 13.0. The van der Waals surface area contributed by atoms with E-state index in [4.69, 9.17) is 0 Å². The molecule has 2 amide bonds. The summed E-state index contributed by atoms with van der Waals surface area (Å²) >= 11 is 0. The summed E-state index contributed by atoms with van der Waals surface area (Å²) in [7, 11) is 1.79. The van der Waals surface area contributed by atoms with E-state index in [2.05, 4.69) is 15.7 Å². The van der Waals surface area contributed by atoms with Gasteiger partial charge in [-0.05, 0) is 23.6 Å². The maximum absolute atomic E-state index is 12.5. The minimum absolute atomic E-state index is 0.366. The van der Waals surface area contributed by atoms with E-state index in [1.807, 2.05) is 61.5 Å². The number of nitrogens with one attached hydrogen (secondary N) is 2. The summed E-state index contributed by atoms with van der Waals surface area (Å²) in [5.41, 5.74) is 4.99. The zero-order valence-electron chi connectivity index (χ0n) is 15.3. The lowest BCUT2D eigenvalue weighted by atomic mass is 10.1. The number of hydrogen-bond acceptors (Lipinski definition) is 3. The summed E-state index contributed by atoms with van der Waals surface area (Å²) in [5.74, 6) is 0.589. The Bertz CT molecular complexity index is 995. The lowest BCUT2D eigenvalue weighted by molar-refractivity contribution is 0.144. The van der Waals surface area contributed by atoms with Crippen molar-refractivity contribution in [3.63, 3.8) is 0 Å². The fourth-order valence-corrected chi connectivity index (χ4v) is 3.62. The second-order valence-electron chi connectivity index (χ2n) is 6.90. The second-order valence-corrected chi connectivity index (χ2v) is 6.90. The van der Waals surface area contributed by atoms with Gasteiger partial charge in [-0.2, -0.15) is 5.10 Å². The molecule has 1 aliphatic carbocycles. The summed E-state index contributed by atoms with van der Waals surface area (Å²) in [6, 6.07) is 16.8. The van der Waals surface area contributed by atoms with Crippen LogP contribution in [0.25, 0.3) is 11.3 Å². The number of aliphatic hydroxyl groups is 1. The molecule has 0 unspecified atom stereocenters. The third kappa shape index (κ3) is 3.31. The van der Waals surface area contributed by atoms with E-state index in [9.17, 15) is 9.90 Å². The molecule has 1 heterocycles. The molecule has 2 atom stereocenters. The minimum Gasteiger partial charge on any atom is -0.390 e. The maximum Gasteiger partial charge on any atom is 0.320 e. The molecule has 3 aromatic rings. The number of anilines is 1. The van der Waals surface area contributed by atoms with Gasteiger partial charge in [-0.3, -0.25) is 10.00 Å². The highest BCUT2D eigenvalue weighted by Gasteiger charge is 2.32. The monoisotopic (exact) mass is 362 g/mol. The molecule has 0 saturated carbocycles. The summed E-state index contributed by atoms with van der Waals surface area (Å²) in [6.07, 6.45) is -0.0771. The number of aliphatic hydroxyl groups excluding tert-OH is 1. The van der Waals surface area contributed by atoms with Gasteiger partial charge in [0.1, 0.15) is 5.82 Å². The van der Waals surface area contributed by atoms with Crippen molar-refractivity contribution in [2.45, 2.75) is 25.5 Å². The van der Waals surface area contributed by atoms with Crippen molar-refractivity contribution >= 4 is 11.8 Å². The van der Waals surface area contributed by atoms with Gasteiger partial charge in [0, 0.05) is 25.1 Å². The topological polar surface area (TPSA) is 79.2 Å². The van der Waals surface area contributed by atoms with Crippen molar-refractivity contribution in [2.24, 2.45) is 7.05 Å². The summed E-state index contributed by atoms with van der Waals surface area (Å²) in [5, 5.41) is 20.5. The molecule has 0 fully saturated rings. The Morgan fingerprint density at radius 3 is 2.74 bits per heavy atom. The predicted octanol–water partition coefficient (Wildman–Crippen LogP) is 3.18. The third-order valence-corrected chi connectivity index (χ3v) is 5.03. The molecule has 6 nitrogen and oxygen atoms in total. The fourth-order valence-electron chi connectivity index (χ4n) is 3.62. The summed E-state index contributed by atoms with van der Waals surface area (Å²) in [6.45, 7) is 2.03. The lowest BCUT2D eigenvalue weighted by Gasteiger charge is -2.18. The molecule has 138 valence electrons. The number of amides is 2. The summed E-state index contributed by atoms with van der Waals surface area (Å²) < 4.78 is 1.64. The van der Waals surface area contributed by atoms with Crippen LogP contribution in [0.4, 0.5) is 10.6 Å². The molecule has 1 aliphatic rings. The van der Waals surface area contributed by atoms with Gasteiger partial charge in [-0.25, -0.2) is 4.79 Å². The Hall–Kier alpha value is -3.12. The van der Waals surface area contributed by atoms with Gasteiger partial charge in [0.05, 0.1) is 17.8 Å². The van der Waals surface area contributed by atoms with Gasteiger partial charge in [0.15, 0.2) is 0 Å². The molecular formula is C21H22N4O2. The van der Waals surface area contributed by atoms with E-state index in [0.29, 0.717) is 12.2 Å². The second kappa shape index (κ2) is 6.89.